The van der Waals surface area contributed by atoms with Crippen molar-refractivity contribution >= 4 is 24.2 Å². The summed E-state index contributed by atoms with van der Waals surface area (Å²) in [5.41, 5.74) is 0. The van der Waals surface area contributed by atoms with Crippen LogP contribution in [0.5, 0.6) is 5.75 Å². The fraction of sp³-hybridized carbons (Fsp3) is 0.619. The third-order valence-corrected chi connectivity index (χ3v) is 5.52. The number of rotatable bonds is 6. The van der Waals surface area contributed by atoms with Crippen LogP contribution < -0.4 is 15.4 Å². The van der Waals surface area contributed by atoms with Crippen LogP contribution in [0.25, 0.3) is 0 Å². The standard InChI is InChI=1S/C21H31N3O3.ClH/c1-16-15-18(7-11-22-16)23-21(26)17-8-12-24(13-9-17)20(25)10-14-27-19-5-3-2-4-6-19;/h2-6,16-18,22H,7-15H2,1H3,(H,23,26);1H. The molecule has 2 amide bonds. The van der Waals surface area contributed by atoms with Crippen molar-refractivity contribution in [2.45, 2.75) is 51.1 Å². The monoisotopic (exact) mass is 409 g/mol. The van der Waals surface area contributed by atoms with Gasteiger partial charge in [-0.05, 0) is 51.3 Å². The maximum atomic E-state index is 12.5. The highest BCUT2D eigenvalue weighted by atomic mass is 35.5. The molecule has 0 bridgehead atoms. The van der Waals surface area contributed by atoms with Gasteiger partial charge in [0.2, 0.25) is 11.8 Å². The van der Waals surface area contributed by atoms with Crippen molar-refractivity contribution in [3.8, 4) is 5.75 Å². The highest BCUT2D eigenvalue weighted by Crippen LogP contribution is 2.19. The van der Waals surface area contributed by atoms with Crippen LogP contribution in [0, 0.1) is 5.92 Å². The van der Waals surface area contributed by atoms with Gasteiger partial charge in [-0.15, -0.1) is 12.4 Å². The van der Waals surface area contributed by atoms with E-state index in [1.54, 1.807) is 0 Å². The van der Waals surface area contributed by atoms with Gasteiger partial charge in [-0.1, -0.05) is 18.2 Å². The molecule has 0 aromatic heterocycles. The van der Waals surface area contributed by atoms with Crippen molar-refractivity contribution in [1.29, 1.82) is 0 Å². The SMILES string of the molecule is CC1CC(NC(=O)C2CCN(C(=O)CCOc3ccccc3)CC2)CCN1.Cl. The molecule has 0 spiro atoms. The van der Waals surface area contributed by atoms with Gasteiger partial charge in [-0.2, -0.15) is 0 Å². The molecule has 2 atom stereocenters. The van der Waals surface area contributed by atoms with Gasteiger partial charge in [0.15, 0.2) is 0 Å². The molecule has 2 unspecified atom stereocenters. The Balaban J connectivity index is 0.00000280. The lowest BCUT2D eigenvalue weighted by Gasteiger charge is -2.34. The molecule has 2 aliphatic rings. The molecule has 2 saturated heterocycles. The van der Waals surface area contributed by atoms with Crippen molar-refractivity contribution in [3.05, 3.63) is 30.3 Å². The lowest BCUT2D eigenvalue weighted by molar-refractivity contribution is -0.136. The average molecular weight is 410 g/mol. The number of hydrogen-bond acceptors (Lipinski definition) is 4. The Hall–Kier alpha value is -1.79. The normalized spacial score (nSPS) is 22.8. The fourth-order valence-corrected chi connectivity index (χ4v) is 3.90. The number of para-hydroxylation sites is 1. The van der Waals surface area contributed by atoms with Gasteiger partial charge in [0.05, 0.1) is 13.0 Å². The number of benzene rings is 1. The zero-order chi connectivity index (χ0) is 19.1. The minimum Gasteiger partial charge on any atom is -0.493 e. The van der Waals surface area contributed by atoms with E-state index in [9.17, 15) is 9.59 Å². The molecule has 7 heteroatoms. The van der Waals surface area contributed by atoms with Crippen LogP contribution in [-0.2, 0) is 9.59 Å². The van der Waals surface area contributed by atoms with Gasteiger partial charge >= 0.3 is 0 Å². The molecule has 6 nitrogen and oxygen atoms in total. The van der Waals surface area contributed by atoms with Gasteiger partial charge in [-0.3, -0.25) is 9.59 Å². The predicted molar refractivity (Wildman–Crippen MR) is 112 cm³/mol. The molecule has 2 fully saturated rings. The van der Waals surface area contributed by atoms with Crippen LogP contribution in [0.3, 0.4) is 0 Å². The fourth-order valence-electron chi connectivity index (χ4n) is 3.90. The Morgan fingerprint density at radius 1 is 1.18 bits per heavy atom. The van der Waals surface area contributed by atoms with E-state index in [-0.39, 0.29) is 36.2 Å². The third-order valence-electron chi connectivity index (χ3n) is 5.52. The van der Waals surface area contributed by atoms with Crippen LogP contribution >= 0.6 is 12.4 Å². The highest BCUT2D eigenvalue weighted by molar-refractivity contribution is 5.85. The largest absolute Gasteiger partial charge is 0.493 e. The van der Waals surface area contributed by atoms with Crippen LogP contribution in [0.4, 0.5) is 0 Å². The van der Waals surface area contributed by atoms with Gasteiger partial charge in [0.1, 0.15) is 5.75 Å². The van der Waals surface area contributed by atoms with E-state index in [1.807, 2.05) is 35.2 Å². The first-order valence-corrected chi connectivity index (χ1v) is 10.1. The molecule has 28 heavy (non-hydrogen) atoms. The summed E-state index contributed by atoms with van der Waals surface area (Å²) in [6, 6.07) is 10.3. The van der Waals surface area contributed by atoms with Gasteiger partial charge in [0.25, 0.3) is 0 Å². The minimum absolute atomic E-state index is 0. The second kappa shape index (κ2) is 11.3. The van der Waals surface area contributed by atoms with Gasteiger partial charge in [0, 0.05) is 31.1 Å². The van der Waals surface area contributed by atoms with Crippen molar-refractivity contribution in [2.75, 3.05) is 26.2 Å². The van der Waals surface area contributed by atoms with E-state index < -0.39 is 0 Å². The Labute approximate surface area is 173 Å². The van der Waals surface area contributed by atoms with Crippen LogP contribution in [-0.4, -0.2) is 55.0 Å². The smallest absolute Gasteiger partial charge is 0.225 e. The second-order valence-corrected chi connectivity index (χ2v) is 7.65. The molecule has 0 radical (unpaired) electrons. The molecule has 1 aromatic carbocycles. The van der Waals surface area contributed by atoms with E-state index >= 15 is 0 Å². The molecule has 3 rings (SSSR count). The summed E-state index contributed by atoms with van der Waals surface area (Å²) >= 11 is 0. The first-order chi connectivity index (χ1) is 13.1. The molecule has 0 aliphatic carbocycles. The number of carbonyl (C=O) groups is 2. The molecule has 156 valence electrons. The number of carbonyl (C=O) groups excluding carboxylic acids is 2. The number of piperidine rings is 2. The van der Waals surface area contributed by atoms with Crippen LogP contribution in [0.2, 0.25) is 0 Å². The molecule has 2 aliphatic heterocycles. The quantitative estimate of drug-likeness (QED) is 0.756. The molecule has 2 N–H and O–H groups in total. The Morgan fingerprint density at radius 3 is 2.57 bits per heavy atom. The number of likely N-dealkylation sites (tertiary alicyclic amines) is 1. The van der Waals surface area contributed by atoms with E-state index in [4.69, 9.17) is 4.74 Å². The Morgan fingerprint density at radius 2 is 1.89 bits per heavy atom. The first-order valence-electron chi connectivity index (χ1n) is 10.1. The number of hydrogen-bond donors (Lipinski definition) is 2. The molecular weight excluding hydrogens is 378 g/mol. The van der Waals surface area contributed by atoms with Gasteiger partial charge < -0.3 is 20.3 Å². The lowest BCUT2D eigenvalue weighted by Crippen LogP contribution is -2.49. The zero-order valence-corrected chi connectivity index (χ0v) is 17.4. The maximum absolute atomic E-state index is 12.5. The summed E-state index contributed by atoms with van der Waals surface area (Å²) in [6.07, 6.45) is 3.85. The van der Waals surface area contributed by atoms with Gasteiger partial charge in [-0.25, -0.2) is 0 Å². The summed E-state index contributed by atoms with van der Waals surface area (Å²) in [4.78, 5) is 26.7. The average Bonchev–Trinajstić information content (AvgIpc) is 2.69. The molecule has 1 aromatic rings. The third kappa shape index (κ3) is 6.67. The van der Waals surface area contributed by atoms with Crippen molar-refractivity contribution in [2.24, 2.45) is 5.92 Å². The number of nitrogens with one attached hydrogen (secondary N) is 2. The second-order valence-electron chi connectivity index (χ2n) is 7.65. The number of nitrogens with zero attached hydrogens (tertiary/aromatic N) is 1. The topological polar surface area (TPSA) is 70.7 Å². The van der Waals surface area contributed by atoms with Crippen LogP contribution in [0.1, 0.15) is 39.0 Å². The van der Waals surface area contributed by atoms with E-state index in [0.29, 0.717) is 32.2 Å². The molecule has 2 heterocycles. The Kier molecular flexibility index (Phi) is 9.06. The van der Waals surface area contributed by atoms with Crippen molar-refractivity contribution in [3.63, 3.8) is 0 Å². The summed E-state index contributed by atoms with van der Waals surface area (Å²) in [7, 11) is 0. The van der Waals surface area contributed by atoms with E-state index in [0.717, 1.165) is 38.0 Å². The summed E-state index contributed by atoms with van der Waals surface area (Å²) < 4.78 is 5.60. The van der Waals surface area contributed by atoms with E-state index in [1.165, 1.54) is 0 Å². The summed E-state index contributed by atoms with van der Waals surface area (Å²) in [5.74, 6) is 1.08. The zero-order valence-electron chi connectivity index (χ0n) is 16.6. The molecular formula is C21H32ClN3O3. The number of halogens is 1. The highest BCUT2D eigenvalue weighted by Gasteiger charge is 2.29. The minimum atomic E-state index is 0. The Bertz CT molecular complexity index is 621. The number of amides is 2. The van der Waals surface area contributed by atoms with Crippen molar-refractivity contribution in [1.82, 2.24) is 15.5 Å². The number of ether oxygens (including phenoxy) is 1. The summed E-state index contributed by atoms with van der Waals surface area (Å²) in [5, 5.41) is 6.62. The lowest BCUT2D eigenvalue weighted by atomic mass is 9.94. The predicted octanol–water partition coefficient (Wildman–Crippen LogP) is 2.37. The summed E-state index contributed by atoms with van der Waals surface area (Å²) in [6.45, 7) is 4.82. The molecule has 0 saturated carbocycles. The first kappa shape index (κ1) is 22.5. The van der Waals surface area contributed by atoms with E-state index in [2.05, 4.69) is 17.6 Å². The van der Waals surface area contributed by atoms with Crippen molar-refractivity contribution < 1.29 is 14.3 Å². The van der Waals surface area contributed by atoms with Crippen LogP contribution in [0.15, 0.2) is 30.3 Å². The maximum Gasteiger partial charge on any atom is 0.225 e.